The van der Waals surface area contributed by atoms with E-state index >= 15 is 0 Å². The summed E-state index contributed by atoms with van der Waals surface area (Å²) in [5.41, 5.74) is 2.49. The van der Waals surface area contributed by atoms with Crippen molar-refractivity contribution in [2.75, 3.05) is 20.2 Å². The molecule has 1 aliphatic rings. The molecular weight excluding hydrogens is 312 g/mol. The normalized spacial score (nSPS) is 14.9. The largest absolute Gasteiger partial charge is 0.496 e. The highest BCUT2D eigenvalue weighted by Gasteiger charge is 2.24. The van der Waals surface area contributed by atoms with Crippen LogP contribution < -0.4 is 4.74 Å². The fourth-order valence-corrected chi connectivity index (χ4v) is 3.03. The number of rotatable bonds is 3. The van der Waals surface area contributed by atoms with Gasteiger partial charge in [-0.05, 0) is 31.0 Å². The lowest BCUT2D eigenvalue weighted by Crippen LogP contribution is -2.36. The Bertz CT molecular complexity index is 728. The molecule has 1 fully saturated rings. The van der Waals surface area contributed by atoms with Gasteiger partial charge in [0.1, 0.15) is 5.75 Å². The maximum atomic E-state index is 12.8. The Morgan fingerprint density at radius 3 is 2.48 bits per heavy atom. The smallest absolute Gasteiger partial charge is 0.257 e. The maximum Gasteiger partial charge on any atom is 0.257 e. The van der Waals surface area contributed by atoms with E-state index < -0.39 is 0 Å². The van der Waals surface area contributed by atoms with Crippen molar-refractivity contribution in [2.24, 2.45) is 0 Å². The first-order chi connectivity index (χ1) is 11.1. The summed E-state index contributed by atoms with van der Waals surface area (Å²) in [6, 6.07) is 7.34. The highest BCUT2D eigenvalue weighted by molar-refractivity contribution is 6.33. The fraction of sp³-hybridized carbons (Fsp3) is 0.278. The number of benzene rings is 1. The third kappa shape index (κ3) is 3.13. The number of piperidine rings is 1. The monoisotopic (exact) mass is 330 g/mol. The zero-order valence-electron chi connectivity index (χ0n) is 13.1. The van der Waals surface area contributed by atoms with Crippen LogP contribution in [0.15, 0.2) is 48.8 Å². The van der Waals surface area contributed by atoms with Gasteiger partial charge in [0.2, 0.25) is 0 Å². The molecule has 0 radical (unpaired) electrons. The van der Waals surface area contributed by atoms with E-state index in [2.05, 4.69) is 6.58 Å². The number of ether oxygens (including phenoxy) is 1. The first-order valence-corrected chi connectivity index (χ1v) is 7.94. The number of hydrogen-bond acceptors (Lipinski definition) is 2. The van der Waals surface area contributed by atoms with Crippen molar-refractivity contribution < 1.29 is 9.53 Å². The number of amides is 1. The zero-order valence-corrected chi connectivity index (χ0v) is 13.8. The van der Waals surface area contributed by atoms with Crippen molar-refractivity contribution >= 4 is 17.5 Å². The summed E-state index contributed by atoms with van der Waals surface area (Å²) in [4.78, 5) is 14.6. The van der Waals surface area contributed by atoms with Crippen molar-refractivity contribution in [3.05, 3.63) is 59.4 Å². The second-order valence-corrected chi connectivity index (χ2v) is 6.04. The molecule has 1 aromatic heterocycles. The number of carbonyl (C=O) groups is 1. The summed E-state index contributed by atoms with van der Waals surface area (Å²) < 4.78 is 7.33. The Morgan fingerprint density at radius 1 is 1.22 bits per heavy atom. The van der Waals surface area contributed by atoms with E-state index in [9.17, 15) is 4.79 Å². The number of methoxy groups -OCH3 is 1. The molecule has 0 saturated carbocycles. The Kier molecular flexibility index (Phi) is 4.44. The fourth-order valence-electron chi connectivity index (χ4n) is 2.77. The minimum atomic E-state index is -0.0460. The van der Waals surface area contributed by atoms with Crippen LogP contribution in [0.5, 0.6) is 5.75 Å². The third-order valence-corrected chi connectivity index (χ3v) is 4.44. The minimum Gasteiger partial charge on any atom is -0.496 e. The summed E-state index contributed by atoms with van der Waals surface area (Å²) in [5, 5.41) is 0.520. The number of likely N-dealkylation sites (tertiary alicyclic amines) is 1. The second kappa shape index (κ2) is 6.50. The number of halogens is 1. The molecular formula is C18H19ClN2O2. The standard InChI is InChI=1S/C18H19ClN2O2/c1-13-5-9-21(10-6-13)18(22)14-11-15(19)16(12-17(14)23-2)20-7-3-4-8-20/h3-4,7-8,11-12H,1,5-6,9-10H2,2H3. The molecule has 1 aromatic carbocycles. The van der Waals surface area contributed by atoms with Gasteiger partial charge in [-0.3, -0.25) is 4.79 Å². The lowest BCUT2D eigenvalue weighted by atomic mass is 10.0. The van der Waals surface area contributed by atoms with Crippen LogP contribution in [0.1, 0.15) is 23.2 Å². The van der Waals surface area contributed by atoms with E-state index in [1.807, 2.05) is 34.0 Å². The predicted octanol–water partition coefficient (Wildman–Crippen LogP) is 3.93. The molecule has 0 spiro atoms. The molecule has 0 N–H and O–H groups in total. The van der Waals surface area contributed by atoms with E-state index in [4.69, 9.17) is 16.3 Å². The van der Waals surface area contributed by atoms with Crippen molar-refractivity contribution in [3.63, 3.8) is 0 Å². The molecule has 0 aliphatic carbocycles. The third-order valence-electron chi connectivity index (χ3n) is 4.14. The van der Waals surface area contributed by atoms with Gasteiger partial charge < -0.3 is 14.2 Å². The Labute approximate surface area is 140 Å². The van der Waals surface area contributed by atoms with Gasteiger partial charge in [-0.1, -0.05) is 23.8 Å². The molecule has 3 rings (SSSR count). The molecule has 0 unspecified atom stereocenters. The Morgan fingerprint density at radius 2 is 1.87 bits per heavy atom. The van der Waals surface area contributed by atoms with Crippen LogP contribution in [-0.2, 0) is 0 Å². The van der Waals surface area contributed by atoms with Crippen LogP contribution in [0.4, 0.5) is 0 Å². The van der Waals surface area contributed by atoms with Crippen molar-refractivity contribution in [2.45, 2.75) is 12.8 Å². The quantitative estimate of drug-likeness (QED) is 0.799. The Hall–Kier alpha value is -2.20. The molecule has 2 aromatic rings. The molecule has 1 saturated heterocycles. The van der Waals surface area contributed by atoms with E-state index in [1.165, 1.54) is 5.57 Å². The number of carbonyl (C=O) groups excluding carboxylic acids is 1. The average molecular weight is 331 g/mol. The number of hydrogen-bond donors (Lipinski definition) is 0. The average Bonchev–Trinajstić information content (AvgIpc) is 3.09. The van der Waals surface area contributed by atoms with E-state index in [-0.39, 0.29) is 5.91 Å². The van der Waals surface area contributed by atoms with Gasteiger partial charge in [0.15, 0.2) is 0 Å². The van der Waals surface area contributed by atoms with Gasteiger partial charge in [0.25, 0.3) is 5.91 Å². The molecule has 1 amide bonds. The summed E-state index contributed by atoms with van der Waals surface area (Å²) in [6.45, 7) is 5.37. The molecule has 1 aliphatic heterocycles. The molecule has 0 bridgehead atoms. The number of nitrogens with zero attached hydrogens (tertiary/aromatic N) is 2. The van der Waals surface area contributed by atoms with E-state index in [0.717, 1.165) is 18.5 Å². The summed E-state index contributed by atoms with van der Waals surface area (Å²) in [7, 11) is 1.57. The van der Waals surface area contributed by atoms with Crippen LogP contribution in [0.25, 0.3) is 5.69 Å². The highest BCUT2D eigenvalue weighted by atomic mass is 35.5. The first kappa shape index (κ1) is 15.7. The first-order valence-electron chi connectivity index (χ1n) is 7.57. The SMILES string of the molecule is C=C1CCN(C(=O)c2cc(Cl)c(-n3cccc3)cc2OC)CC1. The summed E-state index contributed by atoms with van der Waals surface area (Å²) >= 11 is 6.39. The van der Waals surface area contributed by atoms with Crippen LogP contribution in [-0.4, -0.2) is 35.6 Å². The molecule has 2 heterocycles. The van der Waals surface area contributed by atoms with Gasteiger partial charge in [-0.2, -0.15) is 0 Å². The van der Waals surface area contributed by atoms with Gasteiger partial charge >= 0.3 is 0 Å². The van der Waals surface area contributed by atoms with Crippen LogP contribution in [0.3, 0.4) is 0 Å². The van der Waals surface area contributed by atoms with E-state index in [1.54, 1.807) is 19.2 Å². The van der Waals surface area contributed by atoms with Crippen molar-refractivity contribution in [3.8, 4) is 11.4 Å². The van der Waals surface area contributed by atoms with Gasteiger partial charge in [-0.15, -0.1) is 0 Å². The topological polar surface area (TPSA) is 34.5 Å². The van der Waals surface area contributed by atoms with Crippen LogP contribution in [0.2, 0.25) is 5.02 Å². The van der Waals surface area contributed by atoms with Crippen LogP contribution >= 0.6 is 11.6 Å². The molecule has 23 heavy (non-hydrogen) atoms. The highest BCUT2D eigenvalue weighted by Crippen LogP contribution is 2.31. The van der Waals surface area contributed by atoms with Gasteiger partial charge in [0, 0.05) is 31.5 Å². The molecule has 0 atom stereocenters. The zero-order chi connectivity index (χ0) is 16.4. The van der Waals surface area contributed by atoms with Crippen LogP contribution in [0, 0.1) is 0 Å². The van der Waals surface area contributed by atoms with Gasteiger partial charge in [0.05, 0.1) is 23.4 Å². The lowest BCUT2D eigenvalue weighted by Gasteiger charge is -2.28. The lowest BCUT2D eigenvalue weighted by molar-refractivity contribution is 0.0740. The maximum absolute atomic E-state index is 12.8. The Balaban J connectivity index is 1.94. The molecule has 4 nitrogen and oxygen atoms in total. The summed E-state index contributed by atoms with van der Waals surface area (Å²) in [6.07, 6.45) is 5.50. The second-order valence-electron chi connectivity index (χ2n) is 5.64. The van der Waals surface area contributed by atoms with Gasteiger partial charge in [-0.25, -0.2) is 0 Å². The van der Waals surface area contributed by atoms with E-state index in [0.29, 0.717) is 29.4 Å². The summed E-state index contributed by atoms with van der Waals surface area (Å²) in [5.74, 6) is 0.489. The van der Waals surface area contributed by atoms with Crippen molar-refractivity contribution in [1.82, 2.24) is 9.47 Å². The molecule has 5 heteroatoms. The van der Waals surface area contributed by atoms with Crippen molar-refractivity contribution in [1.29, 1.82) is 0 Å². The minimum absolute atomic E-state index is 0.0460. The molecule has 120 valence electrons. The predicted molar refractivity (Wildman–Crippen MR) is 91.6 cm³/mol. The number of aromatic nitrogens is 1.